The second-order valence-electron chi connectivity index (χ2n) is 5.28. The van der Waals surface area contributed by atoms with Crippen molar-refractivity contribution in [3.05, 3.63) is 53.6 Å². The van der Waals surface area contributed by atoms with E-state index in [0.717, 1.165) is 5.69 Å². The molecule has 2 aromatic carbocycles. The van der Waals surface area contributed by atoms with Crippen LogP contribution in [0.4, 0.5) is 5.69 Å². The maximum absolute atomic E-state index is 12.1. The van der Waals surface area contributed by atoms with Crippen molar-refractivity contribution in [1.82, 2.24) is 5.43 Å². The number of benzene rings is 2. The van der Waals surface area contributed by atoms with Crippen LogP contribution in [0.15, 0.2) is 47.6 Å². The van der Waals surface area contributed by atoms with Crippen LogP contribution in [0.2, 0.25) is 0 Å². The van der Waals surface area contributed by atoms with Crippen LogP contribution < -0.4 is 10.3 Å². The molecule has 6 heteroatoms. The number of hydrogen-bond acceptors (Lipinski definition) is 5. The van der Waals surface area contributed by atoms with Gasteiger partial charge in [-0.05, 0) is 43.3 Å². The molecule has 0 atom stereocenters. The predicted octanol–water partition coefficient (Wildman–Crippen LogP) is 2.32. The minimum absolute atomic E-state index is 0.0379. The van der Waals surface area contributed by atoms with Crippen molar-refractivity contribution in [3.8, 4) is 11.5 Å². The Kier molecular flexibility index (Phi) is 4.85. The zero-order valence-corrected chi connectivity index (χ0v) is 13.2. The van der Waals surface area contributed by atoms with Gasteiger partial charge in [-0.2, -0.15) is 5.10 Å². The molecule has 0 radical (unpaired) electrons. The van der Waals surface area contributed by atoms with E-state index < -0.39 is 0 Å². The van der Waals surface area contributed by atoms with Crippen LogP contribution in [0.25, 0.3) is 0 Å². The molecule has 23 heavy (non-hydrogen) atoms. The van der Waals surface area contributed by atoms with Crippen molar-refractivity contribution in [1.29, 1.82) is 0 Å². The Morgan fingerprint density at radius 2 is 1.74 bits per heavy atom. The Balaban J connectivity index is 2.10. The molecule has 0 aromatic heterocycles. The molecule has 6 nitrogen and oxygen atoms in total. The third kappa shape index (κ3) is 4.00. The molecule has 0 fully saturated rings. The fourth-order valence-electron chi connectivity index (χ4n) is 2.00. The van der Waals surface area contributed by atoms with E-state index in [-0.39, 0.29) is 17.4 Å². The van der Waals surface area contributed by atoms with Crippen LogP contribution in [0.5, 0.6) is 11.5 Å². The maximum Gasteiger partial charge on any atom is 0.271 e. The van der Waals surface area contributed by atoms with E-state index in [1.165, 1.54) is 18.2 Å². The number of aromatic hydroxyl groups is 2. The first-order valence-corrected chi connectivity index (χ1v) is 7.03. The van der Waals surface area contributed by atoms with E-state index in [0.29, 0.717) is 16.8 Å². The van der Waals surface area contributed by atoms with Crippen LogP contribution in [0.3, 0.4) is 0 Å². The van der Waals surface area contributed by atoms with Crippen LogP contribution in [0.1, 0.15) is 22.8 Å². The summed E-state index contributed by atoms with van der Waals surface area (Å²) >= 11 is 0. The number of amides is 1. The Morgan fingerprint density at radius 3 is 2.30 bits per heavy atom. The smallest absolute Gasteiger partial charge is 0.271 e. The minimum Gasteiger partial charge on any atom is -0.508 e. The molecular weight excluding hydrogens is 294 g/mol. The van der Waals surface area contributed by atoms with E-state index in [1.807, 2.05) is 31.1 Å². The number of hydrogen-bond donors (Lipinski definition) is 3. The number of nitrogens with one attached hydrogen (secondary N) is 1. The van der Waals surface area contributed by atoms with Gasteiger partial charge in [-0.1, -0.05) is 0 Å². The van der Waals surface area contributed by atoms with Crippen molar-refractivity contribution in [2.45, 2.75) is 6.92 Å². The molecule has 0 aliphatic carbocycles. The van der Waals surface area contributed by atoms with Crippen molar-refractivity contribution in [2.75, 3.05) is 19.0 Å². The highest BCUT2D eigenvalue weighted by Crippen LogP contribution is 2.23. The van der Waals surface area contributed by atoms with Crippen LogP contribution in [-0.4, -0.2) is 35.9 Å². The average Bonchev–Trinajstić information content (AvgIpc) is 2.52. The molecule has 120 valence electrons. The molecule has 1 amide bonds. The number of nitrogens with zero attached hydrogens (tertiary/aromatic N) is 2. The Morgan fingerprint density at radius 1 is 1.09 bits per heavy atom. The zero-order chi connectivity index (χ0) is 17.0. The third-order valence-corrected chi connectivity index (χ3v) is 3.34. The predicted molar refractivity (Wildman–Crippen MR) is 90.2 cm³/mol. The summed E-state index contributed by atoms with van der Waals surface area (Å²) in [7, 11) is 3.85. The van der Waals surface area contributed by atoms with Gasteiger partial charge in [0.1, 0.15) is 11.5 Å². The first-order chi connectivity index (χ1) is 10.9. The van der Waals surface area contributed by atoms with Crippen molar-refractivity contribution < 1.29 is 15.0 Å². The minimum atomic E-state index is -0.340. The fraction of sp³-hybridized carbons (Fsp3) is 0.176. The summed E-state index contributed by atoms with van der Waals surface area (Å²) in [5.41, 5.74) is 4.80. The summed E-state index contributed by atoms with van der Waals surface area (Å²) in [6.45, 7) is 1.65. The lowest BCUT2D eigenvalue weighted by atomic mass is 10.1. The van der Waals surface area contributed by atoms with Gasteiger partial charge in [-0.25, -0.2) is 5.43 Å². The molecule has 0 spiro atoms. The molecule has 2 aromatic rings. The van der Waals surface area contributed by atoms with Crippen molar-refractivity contribution in [3.63, 3.8) is 0 Å². The van der Waals surface area contributed by atoms with E-state index in [1.54, 1.807) is 19.1 Å². The van der Waals surface area contributed by atoms with Crippen molar-refractivity contribution >= 4 is 17.3 Å². The molecule has 0 saturated heterocycles. The summed E-state index contributed by atoms with van der Waals surface area (Å²) in [5.74, 6) is -0.479. The molecule has 2 rings (SSSR count). The second kappa shape index (κ2) is 6.83. The van der Waals surface area contributed by atoms with Gasteiger partial charge >= 0.3 is 0 Å². The lowest BCUT2D eigenvalue weighted by Gasteiger charge is -2.12. The fourth-order valence-corrected chi connectivity index (χ4v) is 2.00. The van der Waals surface area contributed by atoms with Crippen LogP contribution >= 0.6 is 0 Å². The van der Waals surface area contributed by atoms with E-state index >= 15 is 0 Å². The number of hydrazone groups is 1. The zero-order valence-electron chi connectivity index (χ0n) is 13.2. The van der Waals surface area contributed by atoms with Gasteiger partial charge in [0, 0.05) is 37.0 Å². The van der Waals surface area contributed by atoms with Gasteiger partial charge in [-0.15, -0.1) is 0 Å². The third-order valence-electron chi connectivity index (χ3n) is 3.34. The van der Waals surface area contributed by atoms with Crippen molar-refractivity contribution in [2.24, 2.45) is 5.10 Å². The maximum atomic E-state index is 12.1. The molecule has 0 aliphatic rings. The molecule has 0 aliphatic heterocycles. The molecule has 3 N–H and O–H groups in total. The summed E-state index contributed by atoms with van der Waals surface area (Å²) < 4.78 is 0. The Bertz CT molecular complexity index is 737. The van der Waals surface area contributed by atoms with Gasteiger partial charge in [0.2, 0.25) is 0 Å². The number of phenols is 2. The number of carbonyl (C=O) groups is 1. The van der Waals surface area contributed by atoms with Gasteiger partial charge in [0.25, 0.3) is 5.91 Å². The van der Waals surface area contributed by atoms with Crippen LogP contribution in [-0.2, 0) is 0 Å². The molecular formula is C17H19N3O3. The number of anilines is 1. The topological polar surface area (TPSA) is 85.2 Å². The van der Waals surface area contributed by atoms with Gasteiger partial charge in [0.15, 0.2) is 0 Å². The lowest BCUT2D eigenvalue weighted by molar-refractivity contribution is 0.0955. The lowest BCUT2D eigenvalue weighted by Crippen LogP contribution is -2.19. The Hall–Kier alpha value is -3.02. The van der Waals surface area contributed by atoms with E-state index in [4.69, 9.17) is 0 Å². The first-order valence-electron chi connectivity index (χ1n) is 7.03. The largest absolute Gasteiger partial charge is 0.508 e. The molecule has 0 heterocycles. The SMILES string of the molecule is C/C(=N\NC(=O)c1ccc(N(C)C)cc1)c1ccc(O)cc1O. The van der Waals surface area contributed by atoms with Gasteiger partial charge in [0.05, 0.1) is 5.71 Å². The average molecular weight is 313 g/mol. The standard InChI is InChI=1S/C17H19N3O3/c1-11(15-9-8-14(21)10-16(15)22)18-19-17(23)12-4-6-13(7-5-12)20(2)3/h4-10,21-22H,1-3H3,(H,19,23)/b18-11+. The quantitative estimate of drug-likeness (QED) is 0.597. The Labute approximate surface area is 134 Å². The number of carbonyl (C=O) groups excluding carboxylic acids is 1. The summed E-state index contributed by atoms with van der Waals surface area (Å²) in [6, 6.07) is 11.3. The van der Waals surface area contributed by atoms with Gasteiger partial charge in [-0.3, -0.25) is 4.79 Å². The normalized spacial score (nSPS) is 11.2. The molecule has 0 unspecified atom stereocenters. The van der Waals surface area contributed by atoms with E-state index in [2.05, 4.69) is 10.5 Å². The highest BCUT2D eigenvalue weighted by atomic mass is 16.3. The molecule has 0 bridgehead atoms. The summed E-state index contributed by atoms with van der Waals surface area (Å²) in [4.78, 5) is 14.0. The van der Waals surface area contributed by atoms with Crippen LogP contribution in [0, 0.1) is 0 Å². The highest BCUT2D eigenvalue weighted by molar-refractivity contribution is 6.02. The summed E-state index contributed by atoms with van der Waals surface area (Å²) in [6.07, 6.45) is 0. The second-order valence-corrected chi connectivity index (χ2v) is 5.28. The number of phenolic OH excluding ortho intramolecular Hbond substituents is 2. The van der Waals surface area contributed by atoms with Gasteiger partial charge < -0.3 is 15.1 Å². The summed E-state index contributed by atoms with van der Waals surface area (Å²) in [5, 5.41) is 23.0. The monoisotopic (exact) mass is 313 g/mol. The molecule has 0 saturated carbocycles. The number of rotatable bonds is 4. The highest BCUT2D eigenvalue weighted by Gasteiger charge is 2.08. The first kappa shape index (κ1) is 16.4. The van der Waals surface area contributed by atoms with E-state index in [9.17, 15) is 15.0 Å².